The minimum atomic E-state index is 0.186. The molecule has 2 aliphatic rings. The zero-order valence-electron chi connectivity index (χ0n) is 10.7. The van der Waals surface area contributed by atoms with Gasteiger partial charge in [-0.05, 0) is 19.3 Å². The SMILES string of the molecule is N[C@@H]1CCN(CC(=O)NC2CCCCCC2)C1. The summed E-state index contributed by atoms with van der Waals surface area (Å²) in [7, 11) is 0. The van der Waals surface area contributed by atoms with Crippen LogP contribution in [-0.4, -0.2) is 42.5 Å². The maximum absolute atomic E-state index is 11.9. The highest BCUT2D eigenvalue weighted by molar-refractivity contribution is 5.78. The number of rotatable bonds is 3. The fourth-order valence-electron chi connectivity index (χ4n) is 2.91. The van der Waals surface area contributed by atoms with Crippen molar-refractivity contribution in [3.8, 4) is 0 Å². The van der Waals surface area contributed by atoms with Crippen LogP contribution in [0, 0.1) is 0 Å². The van der Waals surface area contributed by atoms with E-state index in [1.807, 2.05) is 0 Å². The van der Waals surface area contributed by atoms with Gasteiger partial charge >= 0.3 is 0 Å². The topological polar surface area (TPSA) is 58.4 Å². The molecule has 1 aliphatic carbocycles. The van der Waals surface area contributed by atoms with Gasteiger partial charge in [0.2, 0.25) is 5.91 Å². The lowest BCUT2D eigenvalue weighted by Crippen LogP contribution is -2.41. The lowest BCUT2D eigenvalue weighted by atomic mass is 10.1. The first-order valence-corrected chi connectivity index (χ1v) is 7.01. The standard InChI is InChI=1S/C13H25N3O/c14-11-7-8-16(9-11)10-13(17)15-12-5-3-1-2-4-6-12/h11-12H,1-10,14H2,(H,15,17)/t11-/m1/s1. The summed E-state index contributed by atoms with van der Waals surface area (Å²) in [6.07, 6.45) is 8.52. The summed E-state index contributed by atoms with van der Waals surface area (Å²) in [4.78, 5) is 14.1. The summed E-state index contributed by atoms with van der Waals surface area (Å²) in [5.41, 5.74) is 5.83. The lowest BCUT2D eigenvalue weighted by Gasteiger charge is -2.19. The van der Waals surface area contributed by atoms with Crippen molar-refractivity contribution in [2.75, 3.05) is 19.6 Å². The Labute approximate surface area is 104 Å². The highest BCUT2D eigenvalue weighted by Crippen LogP contribution is 2.17. The second-order valence-electron chi connectivity index (χ2n) is 5.54. The molecule has 1 aliphatic heterocycles. The molecule has 1 atom stereocenters. The van der Waals surface area contributed by atoms with Crippen molar-refractivity contribution < 1.29 is 4.79 Å². The molecule has 3 N–H and O–H groups in total. The van der Waals surface area contributed by atoms with Gasteiger partial charge in [-0.25, -0.2) is 0 Å². The molecule has 98 valence electrons. The third kappa shape index (κ3) is 4.28. The fourth-order valence-corrected chi connectivity index (χ4v) is 2.91. The Hall–Kier alpha value is -0.610. The van der Waals surface area contributed by atoms with Crippen molar-refractivity contribution >= 4 is 5.91 Å². The van der Waals surface area contributed by atoms with Gasteiger partial charge < -0.3 is 11.1 Å². The summed E-state index contributed by atoms with van der Waals surface area (Å²) in [5, 5.41) is 3.18. The predicted octanol–water partition coefficient (Wildman–Crippen LogP) is 0.858. The monoisotopic (exact) mass is 239 g/mol. The largest absolute Gasteiger partial charge is 0.352 e. The van der Waals surface area contributed by atoms with Crippen LogP contribution in [0.3, 0.4) is 0 Å². The molecule has 17 heavy (non-hydrogen) atoms. The lowest BCUT2D eigenvalue weighted by molar-refractivity contribution is -0.122. The third-order valence-electron chi connectivity index (χ3n) is 3.90. The third-order valence-corrected chi connectivity index (χ3v) is 3.90. The van der Waals surface area contributed by atoms with Gasteiger partial charge in [0.25, 0.3) is 0 Å². The second-order valence-corrected chi connectivity index (χ2v) is 5.54. The number of carbonyl (C=O) groups excluding carboxylic acids is 1. The van der Waals surface area contributed by atoms with Crippen LogP contribution in [-0.2, 0) is 4.79 Å². The molecule has 4 heteroatoms. The van der Waals surface area contributed by atoms with Gasteiger partial charge in [0, 0.05) is 25.2 Å². The molecule has 1 saturated heterocycles. The Bertz CT molecular complexity index is 249. The molecule has 0 unspecified atom stereocenters. The number of nitrogens with zero attached hydrogens (tertiary/aromatic N) is 1. The van der Waals surface area contributed by atoms with Gasteiger partial charge in [-0.15, -0.1) is 0 Å². The van der Waals surface area contributed by atoms with Crippen molar-refractivity contribution in [3.63, 3.8) is 0 Å². The van der Waals surface area contributed by atoms with Crippen molar-refractivity contribution in [1.29, 1.82) is 0 Å². The van der Waals surface area contributed by atoms with Crippen LogP contribution in [0.2, 0.25) is 0 Å². The van der Waals surface area contributed by atoms with E-state index in [2.05, 4.69) is 10.2 Å². The van der Waals surface area contributed by atoms with Crippen LogP contribution < -0.4 is 11.1 Å². The highest BCUT2D eigenvalue weighted by Gasteiger charge is 2.22. The Kier molecular flexibility index (Phi) is 4.80. The van der Waals surface area contributed by atoms with Crippen LogP contribution in [0.1, 0.15) is 44.9 Å². The summed E-state index contributed by atoms with van der Waals surface area (Å²) in [6.45, 7) is 2.38. The quantitative estimate of drug-likeness (QED) is 0.718. The zero-order valence-corrected chi connectivity index (χ0v) is 10.7. The van der Waals surface area contributed by atoms with E-state index in [-0.39, 0.29) is 11.9 Å². The molecular weight excluding hydrogens is 214 g/mol. The Morgan fingerprint density at radius 2 is 1.88 bits per heavy atom. The van der Waals surface area contributed by atoms with Crippen LogP contribution in [0.5, 0.6) is 0 Å². The molecule has 0 aromatic heterocycles. The van der Waals surface area contributed by atoms with Crippen molar-refractivity contribution in [2.45, 2.75) is 57.0 Å². The molecule has 1 heterocycles. The van der Waals surface area contributed by atoms with Gasteiger partial charge in [0.05, 0.1) is 6.54 Å². The minimum Gasteiger partial charge on any atom is -0.352 e. The summed E-state index contributed by atoms with van der Waals surface area (Å²) >= 11 is 0. The molecule has 1 amide bonds. The van der Waals surface area contributed by atoms with E-state index in [9.17, 15) is 4.79 Å². The second kappa shape index (κ2) is 6.36. The number of carbonyl (C=O) groups is 1. The number of likely N-dealkylation sites (tertiary alicyclic amines) is 1. The summed E-state index contributed by atoms with van der Waals surface area (Å²) < 4.78 is 0. The maximum Gasteiger partial charge on any atom is 0.234 e. The van der Waals surface area contributed by atoms with E-state index >= 15 is 0 Å². The summed E-state index contributed by atoms with van der Waals surface area (Å²) in [5.74, 6) is 0.186. The van der Waals surface area contributed by atoms with Gasteiger partial charge in [0.15, 0.2) is 0 Å². The maximum atomic E-state index is 11.9. The number of hydrogen-bond acceptors (Lipinski definition) is 3. The molecule has 0 aromatic rings. The fraction of sp³-hybridized carbons (Fsp3) is 0.923. The van der Waals surface area contributed by atoms with E-state index < -0.39 is 0 Å². The van der Waals surface area contributed by atoms with Gasteiger partial charge in [-0.3, -0.25) is 9.69 Å². The average Bonchev–Trinajstić information content (AvgIpc) is 2.53. The molecule has 0 aromatic carbocycles. The first kappa shape index (κ1) is 12.8. The van der Waals surface area contributed by atoms with Crippen molar-refractivity contribution in [3.05, 3.63) is 0 Å². The molecule has 2 fully saturated rings. The van der Waals surface area contributed by atoms with E-state index in [1.54, 1.807) is 0 Å². The Balaban J connectivity index is 1.69. The normalized spacial score (nSPS) is 27.9. The van der Waals surface area contributed by atoms with Gasteiger partial charge in [0.1, 0.15) is 0 Å². The number of hydrogen-bond donors (Lipinski definition) is 2. The van der Waals surface area contributed by atoms with Crippen molar-refractivity contribution in [2.24, 2.45) is 5.73 Å². The van der Waals surface area contributed by atoms with Crippen LogP contribution >= 0.6 is 0 Å². The van der Waals surface area contributed by atoms with Crippen molar-refractivity contribution in [1.82, 2.24) is 10.2 Å². The first-order valence-electron chi connectivity index (χ1n) is 7.01. The van der Waals surface area contributed by atoms with E-state index in [0.29, 0.717) is 12.6 Å². The number of amides is 1. The minimum absolute atomic E-state index is 0.186. The van der Waals surface area contributed by atoms with E-state index in [1.165, 1.54) is 25.7 Å². The zero-order chi connectivity index (χ0) is 12.1. The Morgan fingerprint density at radius 3 is 2.47 bits per heavy atom. The number of nitrogens with two attached hydrogens (primary N) is 1. The molecule has 0 bridgehead atoms. The predicted molar refractivity (Wildman–Crippen MR) is 68.7 cm³/mol. The average molecular weight is 239 g/mol. The molecule has 0 radical (unpaired) electrons. The van der Waals surface area contributed by atoms with Crippen LogP contribution in [0.15, 0.2) is 0 Å². The van der Waals surface area contributed by atoms with E-state index in [4.69, 9.17) is 5.73 Å². The Morgan fingerprint density at radius 1 is 1.18 bits per heavy atom. The molecule has 1 saturated carbocycles. The smallest absolute Gasteiger partial charge is 0.234 e. The first-order chi connectivity index (χ1) is 8.24. The molecule has 0 spiro atoms. The highest BCUT2D eigenvalue weighted by atomic mass is 16.2. The molecule has 4 nitrogen and oxygen atoms in total. The van der Waals surface area contributed by atoms with Gasteiger partial charge in [-0.1, -0.05) is 25.7 Å². The molecule has 2 rings (SSSR count). The van der Waals surface area contributed by atoms with Gasteiger partial charge in [-0.2, -0.15) is 0 Å². The molecular formula is C13H25N3O. The number of nitrogens with one attached hydrogen (secondary N) is 1. The summed E-state index contributed by atoms with van der Waals surface area (Å²) in [6, 6.07) is 0.682. The van der Waals surface area contributed by atoms with Crippen LogP contribution in [0.4, 0.5) is 0 Å². The van der Waals surface area contributed by atoms with E-state index in [0.717, 1.165) is 32.4 Å². The van der Waals surface area contributed by atoms with Crippen LogP contribution in [0.25, 0.3) is 0 Å².